The minimum absolute atomic E-state index is 0.0156. The molecule has 0 bridgehead atoms. The van der Waals surface area contributed by atoms with Crippen molar-refractivity contribution in [1.82, 2.24) is 10.2 Å². The molecular formula is C18H20N2O5S2. The number of thioether (sulfide) groups is 2. The van der Waals surface area contributed by atoms with Crippen LogP contribution in [0.4, 0.5) is 4.79 Å². The summed E-state index contributed by atoms with van der Waals surface area (Å²) in [7, 11) is 1.57. The molecule has 2 aliphatic heterocycles. The van der Waals surface area contributed by atoms with Gasteiger partial charge in [-0.05, 0) is 35.5 Å². The fourth-order valence-corrected chi connectivity index (χ4v) is 4.75. The molecule has 3 rings (SSSR count). The first-order chi connectivity index (χ1) is 13.0. The Morgan fingerprint density at radius 1 is 1.33 bits per heavy atom. The van der Waals surface area contributed by atoms with Gasteiger partial charge in [0.05, 0.1) is 24.2 Å². The number of carbonyl (C=O) groups excluding carboxylic acids is 3. The maximum Gasteiger partial charge on any atom is 0.293 e. The molecule has 2 fully saturated rings. The molecule has 3 amide bonds. The number of ether oxygens (including phenoxy) is 1. The van der Waals surface area contributed by atoms with E-state index in [2.05, 4.69) is 5.32 Å². The van der Waals surface area contributed by atoms with Crippen molar-refractivity contribution in [3.05, 3.63) is 34.7 Å². The summed E-state index contributed by atoms with van der Waals surface area (Å²) < 4.78 is 5.09. The van der Waals surface area contributed by atoms with E-state index >= 15 is 0 Å². The Bertz CT molecular complexity index is 766. The van der Waals surface area contributed by atoms with Crippen molar-refractivity contribution in [2.24, 2.45) is 0 Å². The Labute approximate surface area is 165 Å². The SMILES string of the molecule is COc1ccc(/C=C2/SC(=O)N(CCC(=O)N[C@H]3CSC[C@H]3O)C2=O)cc1. The molecule has 0 radical (unpaired) electrons. The number of hydrogen-bond donors (Lipinski definition) is 2. The smallest absolute Gasteiger partial charge is 0.293 e. The second-order valence-corrected chi connectivity index (χ2v) is 8.20. The highest BCUT2D eigenvalue weighted by atomic mass is 32.2. The van der Waals surface area contributed by atoms with Crippen LogP contribution in [0.1, 0.15) is 12.0 Å². The Hall–Kier alpha value is -1.97. The molecule has 27 heavy (non-hydrogen) atoms. The Kier molecular flexibility index (Phi) is 6.46. The van der Waals surface area contributed by atoms with Gasteiger partial charge >= 0.3 is 0 Å². The van der Waals surface area contributed by atoms with Crippen molar-refractivity contribution in [2.45, 2.75) is 18.6 Å². The number of rotatable bonds is 6. The second kappa shape index (κ2) is 8.81. The van der Waals surface area contributed by atoms with Crippen LogP contribution in [0.3, 0.4) is 0 Å². The van der Waals surface area contributed by atoms with E-state index in [1.54, 1.807) is 49.2 Å². The highest BCUT2D eigenvalue weighted by Crippen LogP contribution is 2.32. The van der Waals surface area contributed by atoms with Crippen molar-refractivity contribution in [1.29, 1.82) is 0 Å². The van der Waals surface area contributed by atoms with E-state index in [1.807, 2.05) is 0 Å². The molecule has 0 unspecified atom stereocenters. The molecule has 2 saturated heterocycles. The van der Waals surface area contributed by atoms with Crippen LogP contribution in [-0.4, -0.2) is 64.4 Å². The summed E-state index contributed by atoms with van der Waals surface area (Å²) in [6.07, 6.45) is 1.11. The zero-order valence-corrected chi connectivity index (χ0v) is 16.3. The average molecular weight is 409 g/mol. The van der Waals surface area contributed by atoms with Gasteiger partial charge in [-0.15, -0.1) is 0 Å². The summed E-state index contributed by atoms with van der Waals surface area (Å²) in [4.78, 5) is 38.0. The molecule has 0 aliphatic carbocycles. The lowest BCUT2D eigenvalue weighted by Crippen LogP contribution is -2.43. The fraction of sp³-hybridized carbons (Fsp3) is 0.389. The van der Waals surface area contributed by atoms with Gasteiger partial charge in [0, 0.05) is 24.5 Å². The van der Waals surface area contributed by atoms with E-state index in [0.717, 1.165) is 22.2 Å². The predicted octanol–water partition coefficient (Wildman–Crippen LogP) is 1.71. The number of benzene rings is 1. The summed E-state index contributed by atoms with van der Waals surface area (Å²) in [5.74, 6) is 1.30. The standard InChI is InChI=1S/C18H20N2O5S2/c1-25-12-4-2-11(3-5-12)8-15-17(23)20(18(24)27-15)7-6-16(22)19-13-9-26-10-14(13)21/h2-5,8,13-14,21H,6-7,9-10H2,1H3,(H,19,22)/b15-8+/t13-,14+/m0/s1. The maximum atomic E-state index is 12.5. The van der Waals surface area contributed by atoms with E-state index in [1.165, 1.54) is 0 Å². The average Bonchev–Trinajstić information content (AvgIpc) is 3.17. The largest absolute Gasteiger partial charge is 0.497 e. The zero-order chi connectivity index (χ0) is 19.4. The van der Waals surface area contributed by atoms with Crippen molar-refractivity contribution in [3.8, 4) is 5.75 Å². The van der Waals surface area contributed by atoms with Gasteiger partial charge in [0.2, 0.25) is 5.91 Å². The molecule has 9 heteroatoms. The molecule has 2 heterocycles. The highest BCUT2D eigenvalue weighted by Gasteiger charge is 2.35. The van der Waals surface area contributed by atoms with Gasteiger partial charge < -0.3 is 15.2 Å². The monoisotopic (exact) mass is 408 g/mol. The van der Waals surface area contributed by atoms with Crippen molar-refractivity contribution in [3.63, 3.8) is 0 Å². The van der Waals surface area contributed by atoms with E-state index in [-0.39, 0.29) is 30.2 Å². The zero-order valence-electron chi connectivity index (χ0n) is 14.7. The molecule has 0 saturated carbocycles. The first-order valence-electron chi connectivity index (χ1n) is 8.42. The molecule has 1 aromatic rings. The quantitative estimate of drug-likeness (QED) is 0.692. The second-order valence-electron chi connectivity index (χ2n) is 6.14. The first-order valence-corrected chi connectivity index (χ1v) is 10.4. The van der Waals surface area contributed by atoms with E-state index < -0.39 is 12.0 Å². The van der Waals surface area contributed by atoms with Crippen molar-refractivity contribution >= 4 is 46.7 Å². The van der Waals surface area contributed by atoms with Crippen molar-refractivity contribution in [2.75, 3.05) is 25.2 Å². The molecule has 7 nitrogen and oxygen atoms in total. The van der Waals surface area contributed by atoms with Gasteiger partial charge in [-0.25, -0.2) is 0 Å². The maximum absolute atomic E-state index is 12.5. The van der Waals surface area contributed by atoms with Crippen LogP contribution in [0.25, 0.3) is 6.08 Å². The molecule has 144 valence electrons. The predicted molar refractivity (Wildman–Crippen MR) is 106 cm³/mol. The molecule has 0 spiro atoms. The summed E-state index contributed by atoms with van der Waals surface area (Å²) in [6.45, 7) is 0.0202. The molecule has 2 N–H and O–H groups in total. The van der Waals surface area contributed by atoms with E-state index in [4.69, 9.17) is 4.74 Å². The third kappa shape index (κ3) is 4.85. The minimum atomic E-state index is -0.552. The number of amides is 3. The number of nitrogens with one attached hydrogen (secondary N) is 1. The molecule has 2 aliphatic rings. The topological polar surface area (TPSA) is 95.9 Å². The lowest BCUT2D eigenvalue weighted by atomic mass is 10.2. The molecule has 0 aromatic heterocycles. The Balaban J connectivity index is 1.57. The van der Waals surface area contributed by atoms with Crippen LogP contribution >= 0.6 is 23.5 Å². The van der Waals surface area contributed by atoms with Crippen LogP contribution in [0.5, 0.6) is 5.75 Å². The van der Waals surface area contributed by atoms with Crippen LogP contribution in [0.2, 0.25) is 0 Å². The third-order valence-electron chi connectivity index (χ3n) is 4.25. The number of nitrogens with zero attached hydrogens (tertiary/aromatic N) is 1. The Morgan fingerprint density at radius 3 is 2.70 bits per heavy atom. The van der Waals surface area contributed by atoms with Gasteiger partial charge in [0.1, 0.15) is 5.75 Å². The molecular weight excluding hydrogens is 388 g/mol. The van der Waals surface area contributed by atoms with Gasteiger partial charge in [-0.3, -0.25) is 19.3 Å². The molecule has 1 aromatic carbocycles. The van der Waals surface area contributed by atoms with Crippen LogP contribution in [0.15, 0.2) is 29.2 Å². The van der Waals surface area contributed by atoms with Gasteiger partial charge in [0.15, 0.2) is 0 Å². The van der Waals surface area contributed by atoms with E-state index in [0.29, 0.717) is 22.2 Å². The summed E-state index contributed by atoms with van der Waals surface area (Å²) in [5.41, 5.74) is 0.784. The van der Waals surface area contributed by atoms with Crippen LogP contribution in [0, 0.1) is 0 Å². The lowest BCUT2D eigenvalue weighted by Gasteiger charge is -2.17. The Morgan fingerprint density at radius 2 is 2.07 bits per heavy atom. The number of hydrogen-bond acceptors (Lipinski definition) is 7. The number of aliphatic hydroxyl groups excluding tert-OH is 1. The summed E-state index contributed by atoms with van der Waals surface area (Å²) in [5, 5.41) is 12.1. The number of aliphatic hydroxyl groups is 1. The van der Waals surface area contributed by atoms with Gasteiger partial charge in [0.25, 0.3) is 11.1 Å². The third-order valence-corrected chi connectivity index (χ3v) is 6.33. The number of carbonyl (C=O) groups is 3. The summed E-state index contributed by atoms with van der Waals surface area (Å²) in [6, 6.07) is 6.87. The van der Waals surface area contributed by atoms with E-state index in [9.17, 15) is 19.5 Å². The molecule has 2 atom stereocenters. The normalized spacial score (nSPS) is 23.9. The first kappa shape index (κ1) is 19.8. The lowest BCUT2D eigenvalue weighted by molar-refractivity contribution is -0.124. The summed E-state index contributed by atoms with van der Waals surface area (Å²) >= 11 is 2.44. The minimum Gasteiger partial charge on any atom is -0.497 e. The van der Waals surface area contributed by atoms with Crippen LogP contribution in [-0.2, 0) is 9.59 Å². The van der Waals surface area contributed by atoms with Crippen LogP contribution < -0.4 is 10.1 Å². The fourth-order valence-electron chi connectivity index (χ4n) is 2.72. The van der Waals surface area contributed by atoms with Gasteiger partial charge in [-0.2, -0.15) is 11.8 Å². The number of imide groups is 1. The van der Waals surface area contributed by atoms with Gasteiger partial charge in [-0.1, -0.05) is 12.1 Å². The number of methoxy groups -OCH3 is 1. The van der Waals surface area contributed by atoms with Crippen molar-refractivity contribution < 1.29 is 24.2 Å². The highest BCUT2D eigenvalue weighted by molar-refractivity contribution is 8.18.